The molecular formula is C8H12F5NO. The van der Waals surface area contributed by atoms with Gasteiger partial charge in [-0.25, -0.2) is 4.90 Å². The number of hydrogen-bond acceptors (Lipinski definition) is 2. The van der Waals surface area contributed by atoms with E-state index in [-0.39, 0.29) is 26.3 Å². The van der Waals surface area contributed by atoms with Crippen molar-refractivity contribution in [3.05, 3.63) is 0 Å². The molecule has 1 aliphatic rings. The molecule has 15 heavy (non-hydrogen) atoms. The molecule has 0 aromatic heterocycles. The molecule has 1 aliphatic heterocycles. The van der Waals surface area contributed by atoms with Crippen LogP contribution in [-0.2, 0) is 4.74 Å². The van der Waals surface area contributed by atoms with E-state index < -0.39 is 18.1 Å². The summed E-state index contributed by atoms with van der Waals surface area (Å²) in [4.78, 5) is 0.522. The van der Waals surface area contributed by atoms with Crippen LogP contribution in [-0.4, -0.2) is 43.4 Å². The minimum Gasteiger partial charge on any atom is -0.379 e. The molecule has 0 aromatic carbocycles. The first kappa shape index (κ1) is 12.6. The van der Waals surface area contributed by atoms with E-state index in [0.29, 0.717) is 11.8 Å². The van der Waals surface area contributed by atoms with Crippen molar-refractivity contribution in [2.75, 3.05) is 26.3 Å². The van der Waals surface area contributed by atoms with Crippen molar-refractivity contribution >= 4 is 0 Å². The summed E-state index contributed by atoms with van der Waals surface area (Å²) >= 11 is 0. The van der Waals surface area contributed by atoms with Crippen molar-refractivity contribution in [3.63, 3.8) is 0 Å². The van der Waals surface area contributed by atoms with Gasteiger partial charge in [0.25, 0.3) is 0 Å². The average Bonchev–Trinajstić information content (AvgIpc) is 2.16. The first-order valence-corrected chi connectivity index (χ1v) is 4.53. The summed E-state index contributed by atoms with van der Waals surface area (Å²) in [6, 6.07) is -3.86. The second kappa shape index (κ2) is 4.21. The van der Waals surface area contributed by atoms with Gasteiger partial charge >= 0.3 is 12.2 Å². The third-order valence-corrected chi connectivity index (χ3v) is 2.44. The number of halogens is 5. The van der Waals surface area contributed by atoms with Crippen LogP contribution in [0.5, 0.6) is 0 Å². The van der Waals surface area contributed by atoms with E-state index in [1.807, 2.05) is 0 Å². The van der Waals surface area contributed by atoms with Crippen LogP contribution in [0.25, 0.3) is 0 Å². The molecule has 1 saturated heterocycles. The molecule has 0 aliphatic carbocycles. The number of ether oxygens (including phenoxy) is 1. The Morgan fingerprint density at radius 3 is 1.93 bits per heavy atom. The first-order chi connectivity index (χ1) is 6.76. The molecule has 0 spiro atoms. The zero-order valence-corrected chi connectivity index (χ0v) is 8.15. The molecule has 0 saturated carbocycles. The molecule has 1 heterocycles. The maximum absolute atomic E-state index is 13.3. The smallest absolute Gasteiger partial charge is 0.379 e. The van der Waals surface area contributed by atoms with Gasteiger partial charge in [0, 0.05) is 13.1 Å². The van der Waals surface area contributed by atoms with E-state index in [9.17, 15) is 22.0 Å². The zero-order valence-electron chi connectivity index (χ0n) is 8.15. The van der Waals surface area contributed by atoms with Crippen LogP contribution in [0.2, 0.25) is 0 Å². The maximum atomic E-state index is 13.3. The number of rotatable bonds is 2. The lowest BCUT2D eigenvalue weighted by Crippen LogP contribution is -2.54. The van der Waals surface area contributed by atoms with E-state index in [1.165, 1.54) is 0 Å². The van der Waals surface area contributed by atoms with Crippen LogP contribution in [0, 0.1) is 5.92 Å². The monoisotopic (exact) mass is 233 g/mol. The highest BCUT2D eigenvalue weighted by Gasteiger charge is 2.55. The third-order valence-electron chi connectivity index (χ3n) is 2.44. The molecule has 0 N–H and O–H groups in total. The summed E-state index contributed by atoms with van der Waals surface area (Å²) in [6.07, 6.45) is -4.89. The van der Waals surface area contributed by atoms with Crippen molar-refractivity contribution in [1.82, 2.24) is 4.90 Å². The normalized spacial score (nSPS) is 22.8. The van der Waals surface area contributed by atoms with Crippen molar-refractivity contribution < 1.29 is 26.7 Å². The maximum Gasteiger partial charge on any atom is 0.398 e. The number of morpholine rings is 1. The molecule has 2 nitrogen and oxygen atoms in total. The van der Waals surface area contributed by atoms with Gasteiger partial charge < -0.3 is 4.74 Å². The minimum absolute atomic E-state index is 0.0418. The van der Waals surface area contributed by atoms with Gasteiger partial charge in [0.05, 0.1) is 13.2 Å². The fraction of sp³-hybridized carbons (Fsp3) is 1.00. The van der Waals surface area contributed by atoms with Crippen LogP contribution < -0.4 is 0 Å². The predicted octanol–water partition coefficient (Wildman–Crippen LogP) is 2.11. The molecule has 0 bridgehead atoms. The number of nitrogens with zero attached hydrogens (tertiary/aromatic N) is 1. The van der Waals surface area contributed by atoms with Crippen LogP contribution in [0.15, 0.2) is 0 Å². The molecule has 0 aromatic rings. The lowest BCUT2D eigenvalue weighted by molar-refractivity contribution is -0.287. The fourth-order valence-corrected chi connectivity index (χ4v) is 1.33. The Hall–Kier alpha value is -0.430. The molecular weight excluding hydrogens is 221 g/mol. The van der Waals surface area contributed by atoms with Gasteiger partial charge in [0.15, 0.2) is 0 Å². The van der Waals surface area contributed by atoms with Crippen LogP contribution in [0.3, 0.4) is 0 Å². The summed E-state index contributed by atoms with van der Waals surface area (Å²) in [6.45, 7) is 0.233. The standard InChI is InChI=1S/C8H12F5NO/c1-6(7(9,10)11)8(12,13)14-2-4-15-5-3-14/h6H,2-5H2,1H3. The highest BCUT2D eigenvalue weighted by molar-refractivity contribution is 4.81. The van der Waals surface area contributed by atoms with E-state index >= 15 is 0 Å². The fourth-order valence-electron chi connectivity index (χ4n) is 1.33. The number of hydrogen-bond donors (Lipinski definition) is 0. The minimum atomic E-state index is -4.89. The zero-order chi connectivity index (χ0) is 11.7. The van der Waals surface area contributed by atoms with Gasteiger partial charge in [-0.2, -0.15) is 22.0 Å². The Balaban J connectivity index is 2.71. The first-order valence-electron chi connectivity index (χ1n) is 4.53. The largest absolute Gasteiger partial charge is 0.398 e. The second-order valence-corrected chi connectivity index (χ2v) is 3.45. The van der Waals surface area contributed by atoms with Gasteiger partial charge in [-0.3, -0.25) is 0 Å². The summed E-state index contributed by atoms with van der Waals surface area (Å²) in [5.74, 6) is -2.66. The van der Waals surface area contributed by atoms with E-state index in [4.69, 9.17) is 4.74 Å². The Morgan fingerprint density at radius 1 is 1.07 bits per heavy atom. The highest BCUT2D eigenvalue weighted by atomic mass is 19.4. The summed E-state index contributed by atoms with van der Waals surface area (Å²) in [7, 11) is 0. The second-order valence-electron chi connectivity index (χ2n) is 3.45. The Bertz CT molecular complexity index is 212. The van der Waals surface area contributed by atoms with Crippen LogP contribution in [0.1, 0.15) is 6.92 Å². The quantitative estimate of drug-likeness (QED) is 0.535. The van der Waals surface area contributed by atoms with Crippen LogP contribution in [0.4, 0.5) is 22.0 Å². The molecule has 1 unspecified atom stereocenters. The Labute approximate surface area is 84.0 Å². The van der Waals surface area contributed by atoms with Crippen molar-refractivity contribution in [2.45, 2.75) is 19.1 Å². The van der Waals surface area contributed by atoms with Gasteiger partial charge in [-0.05, 0) is 6.92 Å². The van der Waals surface area contributed by atoms with Crippen molar-refractivity contribution in [1.29, 1.82) is 0 Å². The van der Waals surface area contributed by atoms with Gasteiger partial charge in [-0.1, -0.05) is 0 Å². The average molecular weight is 233 g/mol. The lowest BCUT2D eigenvalue weighted by Gasteiger charge is -2.37. The van der Waals surface area contributed by atoms with Crippen molar-refractivity contribution in [2.24, 2.45) is 5.92 Å². The predicted molar refractivity (Wildman–Crippen MR) is 42.6 cm³/mol. The highest BCUT2D eigenvalue weighted by Crippen LogP contribution is 2.40. The molecule has 1 rings (SSSR count). The Morgan fingerprint density at radius 2 is 1.53 bits per heavy atom. The summed E-state index contributed by atoms with van der Waals surface area (Å²) in [5, 5.41) is 0. The van der Waals surface area contributed by atoms with Gasteiger partial charge in [0.2, 0.25) is 0 Å². The molecule has 90 valence electrons. The summed E-state index contributed by atoms with van der Waals surface area (Å²) < 4.78 is 68.0. The third kappa shape index (κ3) is 2.78. The van der Waals surface area contributed by atoms with E-state index in [1.54, 1.807) is 0 Å². The van der Waals surface area contributed by atoms with Crippen LogP contribution >= 0.6 is 0 Å². The molecule has 7 heteroatoms. The van der Waals surface area contributed by atoms with E-state index in [2.05, 4.69) is 0 Å². The number of alkyl halides is 5. The topological polar surface area (TPSA) is 12.5 Å². The lowest BCUT2D eigenvalue weighted by atomic mass is 10.1. The van der Waals surface area contributed by atoms with Crippen molar-refractivity contribution in [3.8, 4) is 0 Å². The van der Waals surface area contributed by atoms with Gasteiger partial charge in [0.1, 0.15) is 5.92 Å². The SMILES string of the molecule is CC(C(F)(F)F)C(F)(F)N1CCOCC1. The van der Waals surface area contributed by atoms with E-state index in [0.717, 1.165) is 0 Å². The molecule has 1 fully saturated rings. The Kier molecular flexibility index (Phi) is 3.55. The van der Waals surface area contributed by atoms with Gasteiger partial charge in [-0.15, -0.1) is 0 Å². The molecule has 0 radical (unpaired) electrons. The molecule has 1 atom stereocenters. The summed E-state index contributed by atoms with van der Waals surface area (Å²) in [5.41, 5.74) is 0. The molecule has 0 amide bonds.